The van der Waals surface area contributed by atoms with Crippen molar-refractivity contribution in [3.8, 4) is 0 Å². The number of hydrogen-bond acceptors (Lipinski definition) is 2. The SMILES string of the molecule is C=CC1(C2C(=O)OC23CCCC3)CCCCC1. The highest BCUT2D eigenvalue weighted by molar-refractivity contribution is 5.82. The molecule has 1 unspecified atom stereocenters. The summed E-state index contributed by atoms with van der Waals surface area (Å²) in [6.07, 6.45) is 12.8. The monoisotopic (exact) mass is 234 g/mol. The molecule has 0 aromatic rings. The third kappa shape index (κ3) is 1.49. The van der Waals surface area contributed by atoms with Gasteiger partial charge in [-0.2, -0.15) is 0 Å². The van der Waals surface area contributed by atoms with Gasteiger partial charge >= 0.3 is 5.97 Å². The Balaban J connectivity index is 1.89. The maximum absolute atomic E-state index is 12.0. The first-order valence-corrected chi connectivity index (χ1v) is 7.09. The lowest BCUT2D eigenvalue weighted by atomic mass is 9.58. The van der Waals surface area contributed by atoms with Crippen molar-refractivity contribution in [2.45, 2.75) is 63.4 Å². The zero-order valence-electron chi connectivity index (χ0n) is 10.5. The van der Waals surface area contributed by atoms with E-state index in [2.05, 4.69) is 12.7 Å². The van der Waals surface area contributed by atoms with Crippen molar-refractivity contribution >= 4 is 5.97 Å². The predicted octanol–water partition coefficient (Wildman–Crippen LogP) is 3.61. The van der Waals surface area contributed by atoms with Crippen LogP contribution in [0.2, 0.25) is 0 Å². The van der Waals surface area contributed by atoms with Gasteiger partial charge in [0.15, 0.2) is 0 Å². The minimum absolute atomic E-state index is 0.0497. The molecule has 0 aromatic carbocycles. The van der Waals surface area contributed by atoms with E-state index in [1.54, 1.807) is 0 Å². The fourth-order valence-corrected chi connectivity index (χ4v) is 4.42. The molecule has 0 radical (unpaired) electrons. The standard InChI is InChI=1S/C15H22O2/c1-2-14(8-4-3-5-9-14)12-13(16)17-15(12)10-6-7-11-15/h2,12H,1,3-11H2. The Labute approximate surface area is 103 Å². The van der Waals surface area contributed by atoms with Crippen molar-refractivity contribution in [1.82, 2.24) is 0 Å². The molecule has 0 aromatic heterocycles. The fourth-order valence-electron chi connectivity index (χ4n) is 4.42. The molecular formula is C15H22O2. The summed E-state index contributed by atoms with van der Waals surface area (Å²) < 4.78 is 5.59. The van der Waals surface area contributed by atoms with Crippen molar-refractivity contribution in [3.63, 3.8) is 0 Å². The van der Waals surface area contributed by atoms with Gasteiger partial charge in [-0.25, -0.2) is 0 Å². The molecule has 94 valence electrons. The molecule has 2 nitrogen and oxygen atoms in total. The molecular weight excluding hydrogens is 212 g/mol. The predicted molar refractivity (Wildman–Crippen MR) is 66.5 cm³/mol. The van der Waals surface area contributed by atoms with Gasteiger partial charge in [0, 0.05) is 5.41 Å². The Morgan fingerprint density at radius 3 is 2.18 bits per heavy atom. The summed E-state index contributed by atoms with van der Waals surface area (Å²) in [5, 5.41) is 0. The van der Waals surface area contributed by atoms with E-state index >= 15 is 0 Å². The molecule has 0 bridgehead atoms. The second-order valence-electron chi connectivity index (χ2n) is 6.12. The zero-order valence-corrected chi connectivity index (χ0v) is 10.5. The van der Waals surface area contributed by atoms with Crippen LogP contribution in [0.5, 0.6) is 0 Å². The van der Waals surface area contributed by atoms with Crippen molar-refractivity contribution < 1.29 is 9.53 Å². The van der Waals surface area contributed by atoms with Gasteiger partial charge in [-0.1, -0.05) is 25.3 Å². The lowest BCUT2D eigenvalue weighted by Crippen LogP contribution is -2.62. The quantitative estimate of drug-likeness (QED) is 0.539. The Bertz CT molecular complexity index is 333. The lowest BCUT2D eigenvalue weighted by Gasteiger charge is -2.54. The third-order valence-corrected chi connectivity index (χ3v) is 5.28. The highest BCUT2D eigenvalue weighted by Crippen LogP contribution is 2.58. The van der Waals surface area contributed by atoms with Crippen molar-refractivity contribution in [3.05, 3.63) is 12.7 Å². The second kappa shape index (κ2) is 3.86. The van der Waals surface area contributed by atoms with E-state index in [1.807, 2.05) is 0 Å². The van der Waals surface area contributed by atoms with Crippen molar-refractivity contribution in [2.24, 2.45) is 11.3 Å². The van der Waals surface area contributed by atoms with Gasteiger partial charge in [0.1, 0.15) is 11.5 Å². The Morgan fingerprint density at radius 2 is 1.65 bits per heavy atom. The molecule has 2 saturated carbocycles. The van der Waals surface area contributed by atoms with Crippen LogP contribution in [0.1, 0.15) is 57.8 Å². The van der Waals surface area contributed by atoms with Crippen LogP contribution in [-0.4, -0.2) is 11.6 Å². The van der Waals surface area contributed by atoms with E-state index in [-0.39, 0.29) is 22.9 Å². The molecule has 3 aliphatic rings. The van der Waals surface area contributed by atoms with Gasteiger partial charge in [0.25, 0.3) is 0 Å². The van der Waals surface area contributed by atoms with Crippen LogP contribution in [0, 0.1) is 11.3 Å². The molecule has 1 aliphatic heterocycles. The maximum Gasteiger partial charge on any atom is 0.314 e. The summed E-state index contributed by atoms with van der Waals surface area (Å²) in [6.45, 7) is 4.04. The van der Waals surface area contributed by atoms with Gasteiger partial charge in [-0.15, -0.1) is 6.58 Å². The van der Waals surface area contributed by atoms with E-state index in [0.29, 0.717) is 0 Å². The van der Waals surface area contributed by atoms with Crippen LogP contribution in [-0.2, 0) is 9.53 Å². The Hall–Kier alpha value is -0.790. The van der Waals surface area contributed by atoms with E-state index < -0.39 is 0 Å². The van der Waals surface area contributed by atoms with E-state index in [9.17, 15) is 4.79 Å². The zero-order chi connectivity index (χ0) is 11.9. The fraction of sp³-hybridized carbons (Fsp3) is 0.800. The summed E-state index contributed by atoms with van der Waals surface area (Å²) in [4.78, 5) is 12.0. The minimum atomic E-state index is -0.0946. The number of rotatable bonds is 2. The van der Waals surface area contributed by atoms with Gasteiger partial charge in [0.2, 0.25) is 0 Å². The van der Waals surface area contributed by atoms with E-state index in [4.69, 9.17) is 4.74 Å². The van der Waals surface area contributed by atoms with Crippen molar-refractivity contribution in [2.75, 3.05) is 0 Å². The summed E-state index contributed by atoms with van der Waals surface area (Å²) in [5.41, 5.74) is -0.0411. The van der Waals surface area contributed by atoms with Crippen LogP contribution < -0.4 is 0 Å². The molecule has 2 aliphatic carbocycles. The molecule has 3 fully saturated rings. The van der Waals surface area contributed by atoms with Crippen LogP contribution in [0.25, 0.3) is 0 Å². The molecule has 17 heavy (non-hydrogen) atoms. The van der Waals surface area contributed by atoms with Gasteiger partial charge in [-0.3, -0.25) is 4.79 Å². The third-order valence-electron chi connectivity index (χ3n) is 5.28. The average molecular weight is 234 g/mol. The van der Waals surface area contributed by atoms with E-state index in [0.717, 1.165) is 25.7 Å². The number of ether oxygens (including phenoxy) is 1. The highest BCUT2D eigenvalue weighted by Gasteiger charge is 2.64. The number of hydrogen-bond donors (Lipinski definition) is 0. The summed E-state index contributed by atoms with van der Waals surface area (Å²) in [6, 6.07) is 0. The maximum atomic E-state index is 12.0. The van der Waals surface area contributed by atoms with Crippen LogP contribution in [0.3, 0.4) is 0 Å². The Kier molecular flexibility index (Phi) is 2.57. The first kappa shape index (κ1) is 11.3. The lowest BCUT2D eigenvalue weighted by molar-refractivity contribution is -0.228. The Morgan fingerprint density at radius 1 is 1.06 bits per heavy atom. The molecule has 2 heteroatoms. The van der Waals surface area contributed by atoms with Crippen LogP contribution >= 0.6 is 0 Å². The number of allylic oxidation sites excluding steroid dienone is 1. The van der Waals surface area contributed by atoms with Crippen LogP contribution in [0.4, 0.5) is 0 Å². The first-order valence-electron chi connectivity index (χ1n) is 7.09. The first-order chi connectivity index (χ1) is 8.22. The topological polar surface area (TPSA) is 26.3 Å². The summed E-state index contributed by atoms with van der Waals surface area (Å²) in [5.74, 6) is 0.170. The van der Waals surface area contributed by atoms with Gasteiger partial charge < -0.3 is 4.74 Å². The molecule has 0 amide bonds. The van der Waals surface area contributed by atoms with Crippen LogP contribution in [0.15, 0.2) is 12.7 Å². The summed E-state index contributed by atoms with van der Waals surface area (Å²) >= 11 is 0. The second-order valence-corrected chi connectivity index (χ2v) is 6.12. The number of esters is 1. The molecule has 1 spiro atoms. The average Bonchev–Trinajstić information content (AvgIpc) is 2.80. The number of carbonyl (C=O) groups is 1. The van der Waals surface area contributed by atoms with Crippen molar-refractivity contribution in [1.29, 1.82) is 0 Å². The van der Waals surface area contributed by atoms with E-state index in [1.165, 1.54) is 32.1 Å². The number of carbonyl (C=O) groups excluding carboxylic acids is 1. The largest absolute Gasteiger partial charge is 0.458 e. The molecule has 1 saturated heterocycles. The smallest absolute Gasteiger partial charge is 0.314 e. The molecule has 1 heterocycles. The van der Waals surface area contributed by atoms with Gasteiger partial charge in [-0.05, 0) is 38.5 Å². The minimum Gasteiger partial charge on any atom is -0.458 e. The highest BCUT2D eigenvalue weighted by atomic mass is 16.6. The summed E-state index contributed by atoms with van der Waals surface area (Å²) in [7, 11) is 0. The van der Waals surface area contributed by atoms with Gasteiger partial charge in [0.05, 0.1) is 0 Å². The normalized spacial score (nSPS) is 34.1. The molecule has 3 rings (SSSR count). The molecule has 0 N–H and O–H groups in total. The molecule has 1 atom stereocenters.